The summed E-state index contributed by atoms with van der Waals surface area (Å²) in [5.74, 6) is 1.29. The van der Waals surface area contributed by atoms with Gasteiger partial charge in [-0.15, -0.1) is 0 Å². The van der Waals surface area contributed by atoms with Crippen LogP contribution < -0.4 is 0 Å². The lowest BCUT2D eigenvalue weighted by molar-refractivity contribution is 0.0910. The number of aromatic nitrogens is 1. The Hall–Kier alpha value is -1.05. The number of nitrogens with zero attached hydrogens (tertiary/aromatic N) is 1. The van der Waals surface area contributed by atoms with Crippen LogP contribution in [-0.2, 0) is 13.0 Å². The van der Waals surface area contributed by atoms with Gasteiger partial charge < -0.3 is 4.57 Å². The highest BCUT2D eigenvalue weighted by molar-refractivity contribution is 5.98. The molecule has 0 saturated heterocycles. The second-order valence-electron chi connectivity index (χ2n) is 6.54. The summed E-state index contributed by atoms with van der Waals surface area (Å²) < 4.78 is 2.33. The summed E-state index contributed by atoms with van der Waals surface area (Å²) in [5, 5.41) is 0. The van der Waals surface area contributed by atoms with Crippen molar-refractivity contribution in [1.29, 1.82) is 0 Å². The van der Waals surface area contributed by atoms with E-state index < -0.39 is 0 Å². The normalized spacial score (nSPS) is 22.6. The van der Waals surface area contributed by atoms with Crippen LogP contribution in [0.1, 0.15) is 55.6 Å². The molecule has 0 spiro atoms. The zero-order valence-electron chi connectivity index (χ0n) is 10.8. The number of rotatable bonds is 3. The average Bonchev–Trinajstić information content (AvgIpc) is 2.96. The number of hydrogen-bond acceptors (Lipinski definition) is 1. The Kier molecular flexibility index (Phi) is 2.42. The molecule has 0 N–H and O–H groups in total. The lowest BCUT2D eigenvalue weighted by Crippen LogP contribution is -2.28. The minimum absolute atomic E-state index is 0.139. The molecule has 92 valence electrons. The molecule has 1 aromatic heterocycles. The first-order chi connectivity index (χ1) is 8.05. The summed E-state index contributed by atoms with van der Waals surface area (Å²) >= 11 is 0. The van der Waals surface area contributed by atoms with Crippen LogP contribution in [0.25, 0.3) is 0 Å². The molecule has 2 aliphatic carbocycles. The predicted molar refractivity (Wildman–Crippen MR) is 68.2 cm³/mol. The number of hydrogen-bond donors (Lipinski definition) is 0. The maximum absolute atomic E-state index is 12.1. The minimum Gasteiger partial charge on any atom is -0.351 e. The van der Waals surface area contributed by atoms with E-state index in [-0.39, 0.29) is 5.41 Å². The van der Waals surface area contributed by atoms with Crippen molar-refractivity contribution in [3.8, 4) is 0 Å². The number of Topliss-reactive ketones (excluding diaryl/α,β-unsaturated/α-hetero) is 1. The van der Waals surface area contributed by atoms with Gasteiger partial charge in [0.2, 0.25) is 0 Å². The summed E-state index contributed by atoms with van der Waals surface area (Å²) in [6, 6.07) is 2.03. The highest BCUT2D eigenvalue weighted by atomic mass is 16.1. The first kappa shape index (κ1) is 11.1. The van der Waals surface area contributed by atoms with Gasteiger partial charge in [-0.05, 0) is 30.2 Å². The van der Waals surface area contributed by atoms with Gasteiger partial charge in [0.15, 0.2) is 5.78 Å². The fourth-order valence-electron chi connectivity index (χ4n) is 2.94. The van der Waals surface area contributed by atoms with Crippen molar-refractivity contribution in [1.82, 2.24) is 4.57 Å². The largest absolute Gasteiger partial charge is 0.351 e. The molecule has 2 heteroatoms. The first-order valence-electron chi connectivity index (χ1n) is 6.76. The molecule has 0 bridgehead atoms. The summed E-state index contributed by atoms with van der Waals surface area (Å²) in [4.78, 5) is 12.1. The van der Waals surface area contributed by atoms with E-state index in [1.165, 1.54) is 25.0 Å². The predicted octanol–water partition coefficient (Wildman–Crippen LogP) is 3.44. The lowest BCUT2D eigenvalue weighted by atomic mass is 9.76. The molecule has 1 aromatic rings. The van der Waals surface area contributed by atoms with Gasteiger partial charge in [0.25, 0.3) is 0 Å². The van der Waals surface area contributed by atoms with Gasteiger partial charge in [-0.25, -0.2) is 0 Å². The van der Waals surface area contributed by atoms with Crippen molar-refractivity contribution in [3.63, 3.8) is 0 Å². The Morgan fingerprint density at radius 1 is 1.35 bits per heavy atom. The third kappa shape index (κ3) is 2.18. The minimum atomic E-state index is 0.139. The van der Waals surface area contributed by atoms with Gasteiger partial charge in [0, 0.05) is 30.4 Å². The Balaban J connectivity index is 1.84. The fraction of sp³-hybridized carbons (Fsp3) is 0.667. The molecule has 0 atom stereocenters. The number of fused-ring (bicyclic) bond motifs is 1. The van der Waals surface area contributed by atoms with Crippen molar-refractivity contribution in [2.75, 3.05) is 0 Å². The van der Waals surface area contributed by atoms with Crippen molar-refractivity contribution < 1.29 is 4.79 Å². The van der Waals surface area contributed by atoms with Crippen LogP contribution >= 0.6 is 0 Å². The second kappa shape index (κ2) is 3.72. The zero-order chi connectivity index (χ0) is 12.0. The molecule has 1 heterocycles. The van der Waals surface area contributed by atoms with E-state index in [1.807, 2.05) is 6.07 Å². The molecular weight excluding hydrogens is 210 g/mol. The van der Waals surface area contributed by atoms with Crippen molar-refractivity contribution in [2.45, 2.75) is 52.5 Å². The standard InChI is InChI=1S/C15H21NO/c1-15(2)9-13-12(14(17)10-15)6-8-16(13)7-5-11-3-4-11/h6,8,11H,3-5,7,9-10H2,1-2H3. The monoisotopic (exact) mass is 231 g/mol. The number of carbonyl (C=O) groups excluding carboxylic acids is 1. The third-order valence-corrected chi connectivity index (χ3v) is 4.14. The molecule has 2 aliphatic rings. The van der Waals surface area contributed by atoms with Crippen LogP contribution in [0.3, 0.4) is 0 Å². The molecule has 0 aromatic carbocycles. The van der Waals surface area contributed by atoms with Gasteiger partial charge in [0.1, 0.15) is 0 Å². The molecular formula is C15H21NO. The lowest BCUT2D eigenvalue weighted by Gasteiger charge is -2.29. The molecule has 0 amide bonds. The average molecular weight is 231 g/mol. The van der Waals surface area contributed by atoms with E-state index in [2.05, 4.69) is 24.6 Å². The van der Waals surface area contributed by atoms with Crippen LogP contribution in [0.4, 0.5) is 0 Å². The smallest absolute Gasteiger partial charge is 0.165 e. The molecule has 17 heavy (non-hydrogen) atoms. The van der Waals surface area contributed by atoms with E-state index in [4.69, 9.17) is 0 Å². The molecule has 0 radical (unpaired) electrons. The van der Waals surface area contributed by atoms with Gasteiger partial charge >= 0.3 is 0 Å². The van der Waals surface area contributed by atoms with Crippen molar-refractivity contribution in [2.24, 2.45) is 11.3 Å². The maximum Gasteiger partial charge on any atom is 0.165 e. The van der Waals surface area contributed by atoms with E-state index in [0.717, 1.165) is 24.4 Å². The number of carbonyl (C=O) groups is 1. The maximum atomic E-state index is 12.1. The van der Waals surface area contributed by atoms with Crippen molar-refractivity contribution >= 4 is 5.78 Å². The Labute approximate surface area is 103 Å². The van der Waals surface area contributed by atoms with Crippen LogP contribution in [-0.4, -0.2) is 10.4 Å². The Morgan fingerprint density at radius 2 is 2.12 bits per heavy atom. The summed E-state index contributed by atoms with van der Waals surface area (Å²) in [6.45, 7) is 5.50. The topological polar surface area (TPSA) is 22.0 Å². The molecule has 1 saturated carbocycles. The summed E-state index contributed by atoms with van der Waals surface area (Å²) in [6.07, 6.45) is 7.97. The highest BCUT2D eigenvalue weighted by Gasteiger charge is 2.33. The second-order valence-corrected chi connectivity index (χ2v) is 6.54. The number of aryl methyl sites for hydroxylation is 1. The Bertz CT molecular complexity index is 451. The van der Waals surface area contributed by atoms with E-state index in [0.29, 0.717) is 12.2 Å². The molecule has 0 unspecified atom stereocenters. The van der Waals surface area contributed by atoms with Gasteiger partial charge in [-0.3, -0.25) is 4.79 Å². The fourth-order valence-corrected chi connectivity index (χ4v) is 2.94. The van der Waals surface area contributed by atoms with Crippen LogP contribution in [0.2, 0.25) is 0 Å². The van der Waals surface area contributed by atoms with E-state index >= 15 is 0 Å². The highest BCUT2D eigenvalue weighted by Crippen LogP contribution is 2.37. The van der Waals surface area contributed by atoms with E-state index in [1.54, 1.807) is 0 Å². The van der Waals surface area contributed by atoms with Gasteiger partial charge in [0.05, 0.1) is 0 Å². The quantitative estimate of drug-likeness (QED) is 0.781. The van der Waals surface area contributed by atoms with Crippen LogP contribution in [0.15, 0.2) is 12.3 Å². The Morgan fingerprint density at radius 3 is 2.82 bits per heavy atom. The molecule has 3 rings (SSSR count). The molecule has 0 aliphatic heterocycles. The number of ketones is 1. The summed E-state index contributed by atoms with van der Waals surface area (Å²) in [7, 11) is 0. The third-order valence-electron chi connectivity index (χ3n) is 4.14. The van der Waals surface area contributed by atoms with Crippen LogP contribution in [0, 0.1) is 11.3 Å². The zero-order valence-corrected chi connectivity index (χ0v) is 10.8. The van der Waals surface area contributed by atoms with Gasteiger partial charge in [-0.2, -0.15) is 0 Å². The van der Waals surface area contributed by atoms with Crippen molar-refractivity contribution in [3.05, 3.63) is 23.5 Å². The van der Waals surface area contributed by atoms with E-state index in [9.17, 15) is 4.79 Å². The first-order valence-corrected chi connectivity index (χ1v) is 6.76. The molecule has 2 nitrogen and oxygen atoms in total. The SMILES string of the molecule is CC1(C)CC(=O)c2ccn(CCC3CC3)c2C1. The summed E-state index contributed by atoms with van der Waals surface area (Å²) in [5.41, 5.74) is 2.41. The molecule has 1 fully saturated rings. The van der Waals surface area contributed by atoms with Crippen LogP contribution in [0.5, 0.6) is 0 Å². The van der Waals surface area contributed by atoms with Gasteiger partial charge in [-0.1, -0.05) is 26.7 Å².